The highest BCUT2D eigenvalue weighted by Gasteiger charge is 2.28. The third-order valence-corrected chi connectivity index (χ3v) is 5.13. The molecule has 4 heteroatoms. The van der Waals surface area contributed by atoms with Gasteiger partial charge in [0.2, 0.25) is 5.91 Å². The summed E-state index contributed by atoms with van der Waals surface area (Å²) in [7, 11) is 1.35. The first-order valence-corrected chi connectivity index (χ1v) is 10.2. The molecule has 0 aliphatic heterocycles. The van der Waals surface area contributed by atoms with Crippen LogP contribution in [0.15, 0.2) is 91.0 Å². The van der Waals surface area contributed by atoms with Gasteiger partial charge in [-0.15, -0.1) is 0 Å². The van der Waals surface area contributed by atoms with Crippen LogP contribution in [0.3, 0.4) is 0 Å². The van der Waals surface area contributed by atoms with Crippen LogP contribution in [0, 0.1) is 0 Å². The van der Waals surface area contributed by atoms with E-state index < -0.39 is 17.9 Å². The van der Waals surface area contributed by atoms with Crippen LogP contribution in [0.25, 0.3) is 0 Å². The Balaban J connectivity index is 1.74. The molecule has 30 heavy (non-hydrogen) atoms. The molecular formula is C26H27NO3. The number of carbonyl (C=O) groups is 2. The minimum atomic E-state index is -0.680. The molecule has 0 spiro atoms. The van der Waals surface area contributed by atoms with Gasteiger partial charge in [-0.25, -0.2) is 4.79 Å². The zero-order chi connectivity index (χ0) is 21.2. The van der Waals surface area contributed by atoms with Crippen LogP contribution in [0.1, 0.15) is 35.4 Å². The first kappa shape index (κ1) is 21.3. The van der Waals surface area contributed by atoms with Crippen LogP contribution < -0.4 is 5.32 Å². The maximum atomic E-state index is 13.3. The fourth-order valence-corrected chi connectivity index (χ4v) is 3.59. The van der Waals surface area contributed by atoms with E-state index in [0.29, 0.717) is 6.42 Å². The van der Waals surface area contributed by atoms with Crippen LogP contribution in [0.5, 0.6) is 0 Å². The maximum absolute atomic E-state index is 13.3. The van der Waals surface area contributed by atoms with Gasteiger partial charge in [-0.3, -0.25) is 4.79 Å². The monoisotopic (exact) mass is 401 g/mol. The summed E-state index contributed by atoms with van der Waals surface area (Å²) >= 11 is 0. The van der Waals surface area contributed by atoms with Crippen molar-refractivity contribution in [2.75, 3.05) is 7.11 Å². The highest BCUT2D eigenvalue weighted by Crippen LogP contribution is 2.25. The topological polar surface area (TPSA) is 55.4 Å². The van der Waals surface area contributed by atoms with Crippen molar-refractivity contribution in [3.8, 4) is 0 Å². The molecule has 0 fully saturated rings. The summed E-state index contributed by atoms with van der Waals surface area (Å²) in [4.78, 5) is 25.6. The Labute approximate surface area is 177 Å². The van der Waals surface area contributed by atoms with Crippen molar-refractivity contribution in [1.82, 2.24) is 5.32 Å². The third kappa shape index (κ3) is 5.80. The summed E-state index contributed by atoms with van der Waals surface area (Å²) in [5.41, 5.74) is 2.97. The molecule has 0 saturated heterocycles. The zero-order valence-electron chi connectivity index (χ0n) is 17.2. The van der Waals surface area contributed by atoms with Crippen LogP contribution in [0.4, 0.5) is 0 Å². The Hall–Kier alpha value is -3.40. The zero-order valence-corrected chi connectivity index (χ0v) is 17.2. The Bertz CT molecular complexity index is 887. The van der Waals surface area contributed by atoms with E-state index in [1.807, 2.05) is 78.9 Å². The summed E-state index contributed by atoms with van der Waals surface area (Å²) in [5, 5.41) is 2.94. The number of hydrogen-bond donors (Lipinski definition) is 1. The largest absolute Gasteiger partial charge is 0.467 e. The van der Waals surface area contributed by atoms with Crippen molar-refractivity contribution >= 4 is 11.9 Å². The van der Waals surface area contributed by atoms with Crippen molar-refractivity contribution in [2.45, 2.75) is 31.2 Å². The van der Waals surface area contributed by atoms with Crippen LogP contribution >= 0.6 is 0 Å². The van der Waals surface area contributed by atoms with Crippen molar-refractivity contribution in [2.24, 2.45) is 0 Å². The number of benzene rings is 3. The first-order valence-electron chi connectivity index (χ1n) is 10.2. The fraction of sp³-hybridized carbons (Fsp3) is 0.231. The number of aryl methyl sites for hydroxylation is 1. The van der Waals surface area contributed by atoms with Gasteiger partial charge in [0.15, 0.2) is 0 Å². The normalized spacial score (nSPS) is 11.7. The van der Waals surface area contributed by atoms with Gasteiger partial charge < -0.3 is 10.1 Å². The Morgan fingerprint density at radius 3 is 1.80 bits per heavy atom. The number of ether oxygens (including phenoxy) is 1. The Kier molecular flexibility index (Phi) is 7.78. The first-order chi connectivity index (χ1) is 14.7. The van der Waals surface area contributed by atoms with E-state index >= 15 is 0 Å². The maximum Gasteiger partial charge on any atom is 0.328 e. The average molecular weight is 402 g/mol. The number of carbonyl (C=O) groups excluding carboxylic acids is 2. The fourth-order valence-electron chi connectivity index (χ4n) is 3.59. The van der Waals surface area contributed by atoms with E-state index in [0.717, 1.165) is 24.0 Å². The van der Waals surface area contributed by atoms with Gasteiger partial charge in [-0.2, -0.15) is 0 Å². The van der Waals surface area contributed by atoms with E-state index in [4.69, 9.17) is 4.74 Å². The highest BCUT2D eigenvalue weighted by atomic mass is 16.5. The molecule has 4 nitrogen and oxygen atoms in total. The third-order valence-electron chi connectivity index (χ3n) is 5.13. The van der Waals surface area contributed by atoms with Crippen molar-refractivity contribution in [3.63, 3.8) is 0 Å². The van der Waals surface area contributed by atoms with Crippen molar-refractivity contribution in [3.05, 3.63) is 108 Å². The molecule has 0 saturated carbocycles. The minimum Gasteiger partial charge on any atom is -0.467 e. The summed E-state index contributed by atoms with van der Waals surface area (Å²) in [6.07, 6.45) is 2.13. The number of nitrogens with one attached hydrogen (secondary N) is 1. The molecule has 3 rings (SSSR count). The molecule has 0 heterocycles. The number of hydrogen-bond acceptors (Lipinski definition) is 3. The smallest absolute Gasteiger partial charge is 0.328 e. The van der Waals surface area contributed by atoms with Gasteiger partial charge in [0.25, 0.3) is 0 Å². The second-order valence-electron chi connectivity index (χ2n) is 7.22. The van der Waals surface area contributed by atoms with Crippen LogP contribution in [-0.4, -0.2) is 25.0 Å². The lowest BCUT2D eigenvalue weighted by atomic mass is 9.90. The van der Waals surface area contributed by atoms with E-state index in [1.165, 1.54) is 12.7 Å². The molecule has 3 aromatic rings. The Morgan fingerprint density at radius 2 is 1.30 bits per heavy atom. The molecule has 0 aromatic heterocycles. The average Bonchev–Trinajstić information content (AvgIpc) is 2.80. The summed E-state index contributed by atoms with van der Waals surface area (Å²) < 4.78 is 4.95. The molecule has 0 bridgehead atoms. The standard InChI is InChI=1S/C26H27NO3/c1-30-26(29)23(19-11-14-20-12-5-2-6-13-20)27-25(28)24(21-15-7-3-8-16-21)22-17-9-4-10-18-22/h2-10,12-13,15-18,23-24H,11,14,19H2,1H3,(H,27,28)/t23-/m0/s1. The van der Waals surface area contributed by atoms with Gasteiger partial charge in [0, 0.05) is 0 Å². The molecule has 1 atom stereocenters. The number of esters is 1. The molecule has 0 aliphatic rings. The molecule has 1 amide bonds. The van der Waals surface area contributed by atoms with Crippen molar-refractivity contribution < 1.29 is 14.3 Å². The number of methoxy groups -OCH3 is 1. The number of amides is 1. The van der Waals surface area contributed by atoms with Gasteiger partial charge in [-0.1, -0.05) is 91.0 Å². The molecular weight excluding hydrogens is 374 g/mol. The highest BCUT2D eigenvalue weighted by molar-refractivity contribution is 5.91. The summed E-state index contributed by atoms with van der Waals surface area (Å²) in [6.45, 7) is 0. The summed E-state index contributed by atoms with van der Waals surface area (Å²) in [6, 6.07) is 28.6. The quantitative estimate of drug-likeness (QED) is 0.537. The molecule has 0 radical (unpaired) electrons. The number of rotatable bonds is 9. The minimum absolute atomic E-state index is 0.206. The second-order valence-corrected chi connectivity index (χ2v) is 7.22. The second kappa shape index (κ2) is 11.0. The predicted octanol–water partition coefficient (Wildman–Crippen LogP) is 4.50. The molecule has 1 N–H and O–H groups in total. The molecule has 0 unspecified atom stereocenters. The lowest BCUT2D eigenvalue weighted by Crippen LogP contribution is -2.44. The van der Waals surface area contributed by atoms with Crippen LogP contribution in [-0.2, 0) is 20.7 Å². The van der Waals surface area contributed by atoms with E-state index in [9.17, 15) is 9.59 Å². The van der Waals surface area contributed by atoms with E-state index in [1.54, 1.807) is 0 Å². The van der Waals surface area contributed by atoms with E-state index in [-0.39, 0.29) is 5.91 Å². The Morgan fingerprint density at radius 1 is 0.800 bits per heavy atom. The molecule has 154 valence electrons. The van der Waals surface area contributed by atoms with Gasteiger partial charge in [0.05, 0.1) is 13.0 Å². The van der Waals surface area contributed by atoms with Gasteiger partial charge in [0.1, 0.15) is 6.04 Å². The lowest BCUT2D eigenvalue weighted by Gasteiger charge is -2.22. The SMILES string of the molecule is COC(=O)[C@H](CCCc1ccccc1)NC(=O)C(c1ccccc1)c1ccccc1. The van der Waals surface area contributed by atoms with Gasteiger partial charge in [-0.05, 0) is 36.0 Å². The lowest BCUT2D eigenvalue weighted by molar-refractivity contribution is -0.145. The molecule has 0 aliphatic carbocycles. The summed E-state index contributed by atoms with van der Waals surface area (Å²) in [5.74, 6) is -1.12. The molecule has 3 aromatic carbocycles. The predicted molar refractivity (Wildman–Crippen MR) is 118 cm³/mol. The van der Waals surface area contributed by atoms with Gasteiger partial charge >= 0.3 is 5.97 Å². The van der Waals surface area contributed by atoms with Crippen LogP contribution in [0.2, 0.25) is 0 Å². The van der Waals surface area contributed by atoms with E-state index in [2.05, 4.69) is 17.4 Å². The van der Waals surface area contributed by atoms with Crippen molar-refractivity contribution in [1.29, 1.82) is 0 Å².